The Morgan fingerprint density at radius 1 is 1.30 bits per heavy atom. The van der Waals surface area contributed by atoms with Gasteiger partial charge in [0, 0.05) is 41.2 Å². The third-order valence-corrected chi connectivity index (χ3v) is 5.35. The molecule has 1 aliphatic heterocycles. The quantitative estimate of drug-likeness (QED) is 0.0954. The minimum absolute atomic E-state index is 0.00723. The molecule has 2 aromatic carbocycles. The Balaban J connectivity index is 2.02. The Labute approximate surface area is 210 Å². The standard InChI is InChI=1S/C24H25F3N6O4/c1-2-12-23(22(35)32-29-15-24(25,26)27)20(18-6-3-4-7-19(18)31-33-28)37-21(30-23)16-8-10-17(11-9-16)36-14-5-13-34/h2-4,6-11,20,29,34H,1,5,12-15H2,(H,32,35)/t20-,23-/m0/s1. The Kier molecular flexibility index (Phi) is 9.12. The zero-order chi connectivity index (χ0) is 26.9. The summed E-state index contributed by atoms with van der Waals surface area (Å²) in [4.78, 5) is 20.7. The smallest absolute Gasteiger partial charge is 0.402 e. The van der Waals surface area contributed by atoms with Gasteiger partial charge in [-0.2, -0.15) is 13.2 Å². The van der Waals surface area contributed by atoms with E-state index in [1.807, 2.05) is 5.43 Å². The molecule has 2 atom stereocenters. The normalized spacial score (nSPS) is 18.8. The molecule has 0 aromatic heterocycles. The molecule has 196 valence electrons. The summed E-state index contributed by atoms with van der Waals surface area (Å²) in [6, 6.07) is 13.0. The Bertz CT molecular complexity index is 1180. The summed E-state index contributed by atoms with van der Waals surface area (Å²) in [6.07, 6.45) is -3.96. The van der Waals surface area contributed by atoms with Gasteiger partial charge in [0.15, 0.2) is 11.6 Å². The number of rotatable bonds is 12. The number of aliphatic hydroxyl groups is 1. The Hall–Kier alpha value is -4.06. The van der Waals surface area contributed by atoms with Gasteiger partial charge in [-0.1, -0.05) is 35.5 Å². The number of carbonyl (C=O) groups is 1. The van der Waals surface area contributed by atoms with E-state index in [4.69, 9.17) is 20.1 Å². The molecule has 13 heteroatoms. The minimum Gasteiger partial charge on any atom is -0.494 e. The first-order chi connectivity index (χ1) is 17.7. The van der Waals surface area contributed by atoms with Gasteiger partial charge >= 0.3 is 6.18 Å². The molecule has 0 fully saturated rings. The number of amides is 1. The lowest BCUT2D eigenvalue weighted by Gasteiger charge is -2.30. The van der Waals surface area contributed by atoms with Crippen molar-refractivity contribution in [2.24, 2.45) is 10.1 Å². The van der Waals surface area contributed by atoms with E-state index in [0.29, 0.717) is 29.9 Å². The van der Waals surface area contributed by atoms with Crippen LogP contribution in [0.15, 0.2) is 71.3 Å². The molecule has 10 nitrogen and oxygen atoms in total. The lowest BCUT2D eigenvalue weighted by Crippen LogP contribution is -2.54. The predicted octanol–water partition coefficient (Wildman–Crippen LogP) is 4.41. The molecule has 2 aromatic rings. The molecule has 0 aliphatic carbocycles. The third kappa shape index (κ3) is 6.79. The molecule has 37 heavy (non-hydrogen) atoms. The second-order valence-corrected chi connectivity index (χ2v) is 7.95. The zero-order valence-corrected chi connectivity index (χ0v) is 19.6. The number of hydrazine groups is 1. The van der Waals surface area contributed by atoms with Gasteiger partial charge in [-0.05, 0) is 29.8 Å². The summed E-state index contributed by atoms with van der Waals surface area (Å²) < 4.78 is 49.7. The fraction of sp³-hybridized carbons (Fsp3) is 0.333. The van der Waals surface area contributed by atoms with Crippen LogP contribution in [-0.4, -0.2) is 48.4 Å². The molecule has 0 saturated carbocycles. The zero-order valence-electron chi connectivity index (χ0n) is 19.6. The van der Waals surface area contributed by atoms with Gasteiger partial charge in [0.1, 0.15) is 12.3 Å². The van der Waals surface area contributed by atoms with E-state index in [0.717, 1.165) is 0 Å². The largest absolute Gasteiger partial charge is 0.494 e. The SMILES string of the molecule is C=CC[C@]1(C(=O)NNCC(F)(F)F)N=C(c2ccc(OCCCO)cc2)O[C@H]1c1ccccc1N=[N+]=[N-]. The lowest BCUT2D eigenvalue weighted by molar-refractivity contribution is -0.136. The van der Waals surface area contributed by atoms with E-state index in [1.165, 1.54) is 12.1 Å². The van der Waals surface area contributed by atoms with Crippen molar-refractivity contribution in [3.63, 3.8) is 0 Å². The van der Waals surface area contributed by atoms with E-state index < -0.39 is 30.3 Å². The summed E-state index contributed by atoms with van der Waals surface area (Å²) in [7, 11) is 0. The fourth-order valence-corrected chi connectivity index (χ4v) is 3.69. The summed E-state index contributed by atoms with van der Waals surface area (Å²) in [6.45, 7) is 2.53. The van der Waals surface area contributed by atoms with Crippen LogP contribution in [0.1, 0.15) is 30.1 Å². The van der Waals surface area contributed by atoms with E-state index >= 15 is 0 Å². The maximum absolute atomic E-state index is 13.4. The first-order valence-corrected chi connectivity index (χ1v) is 11.2. The number of azide groups is 1. The van der Waals surface area contributed by atoms with Crippen LogP contribution in [0.2, 0.25) is 0 Å². The number of hydrogen-bond donors (Lipinski definition) is 3. The van der Waals surface area contributed by atoms with Crippen molar-refractivity contribution in [3.8, 4) is 5.75 Å². The van der Waals surface area contributed by atoms with Gasteiger partial charge in [0.2, 0.25) is 5.90 Å². The number of aliphatic hydroxyl groups excluding tert-OH is 1. The first-order valence-electron chi connectivity index (χ1n) is 11.2. The van der Waals surface area contributed by atoms with E-state index in [-0.39, 0.29) is 24.6 Å². The van der Waals surface area contributed by atoms with Crippen molar-refractivity contribution in [1.29, 1.82) is 0 Å². The fourth-order valence-electron chi connectivity index (χ4n) is 3.69. The van der Waals surface area contributed by atoms with Crippen molar-refractivity contribution in [3.05, 3.63) is 82.8 Å². The van der Waals surface area contributed by atoms with Crippen LogP contribution >= 0.6 is 0 Å². The molecular weight excluding hydrogens is 493 g/mol. The average molecular weight is 518 g/mol. The molecule has 1 aliphatic rings. The van der Waals surface area contributed by atoms with Crippen molar-refractivity contribution >= 4 is 17.5 Å². The number of alkyl halides is 3. The van der Waals surface area contributed by atoms with E-state index in [2.05, 4.69) is 27.0 Å². The van der Waals surface area contributed by atoms with Gasteiger partial charge in [0.25, 0.3) is 5.91 Å². The van der Waals surface area contributed by atoms with Crippen molar-refractivity contribution in [2.45, 2.75) is 30.7 Å². The number of carbonyl (C=O) groups excluding carboxylic acids is 1. The van der Waals surface area contributed by atoms with Crippen molar-refractivity contribution in [2.75, 3.05) is 19.8 Å². The molecule has 0 radical (unpaired) electrons. The van der Waals surface area contributed by atoms with Crippen LogP contribution in [0.4, 0.5) is 18.9 Å². The molecule has 3 N–H and O–H groups in total. The highest BCUT2D eigenvalue weighted by atomic mass is 19.4. The molecule has 0 unspecified atom stereocenters. The minimum atomic E-state index is -4.56. The highest BCUT2D eigenvalue weighted by Gasteiger charge is 2.53. The monoisotopic (exact) mass is 518 g/mol. The van der Waals surface area contributed by atoms with Gasteiger partial charge in [-0.3, -0.25) is 10.2 Å². The van der Waals surface area contributed by atoms with Crippen LogP contribution in [0.3, 0.4) is 0 Å². The summed E-state index contributed by atoms with van der Waals surface area (Å²) >= 11 is 0. The highest BCUT2D eigenvalue weighted by molar-refractivity contribution is 6.01. The van der Waals surface area contributed by atoms with E-state index in [1.54, 1.807) is 42.5 Å². The highest BCUT2D eigenvalue weighted by Crippen LogP contribution is 2.45. The van der Waals surface area contributed by atoms with Gasteiger partial charge in [0.05, 0.1) is 6.61 Å². The maximum Gasteiger partial charge on any atom is 0.402 e. The summed E-state index contributed by atoms with van der Waals surface area (Å²) in [5, 5.41) is 12.6. The molecule has 1 amide bonds. The summed E-state index contributed by atoms with van der Waals surface area (Å²) in [5.41, 5.74) is 12.2. The van der Waals surface area contributed by atoms with Crippen molar-refractivity contribution in [1.82, 2.24) is 10.9 Å². The number of benzene rings is 2. The number of nitrogens with one attached hydrogen (secondary N) is 2. The summed E-state index contributed by atoms with van der Waals surface area (Å²) in [5.74, 6) is -0.306. The molecule has 1 heterocycles. The van der Waals surface area contributed by atoms with Crippen LogP contribution in [-0.2, 0) is 9.53 Å². The predicted molar refractivity (Wildman–Crippen MR) is 129 cm³/mol. The van der Waals surface area contributed by atoms with Crippen molar-refractivity contribution < 1.29 is 32.5 Å². The molecule has 0 spiro atoms. The number of hydrogen-bond acceptors (Lipinski definition) is 7. The third-order valence-electron chi connectivity index (χ3n) is 5.35. The second kappa shape index (κ2) is 12.3. The second-order valence-electron chi connectivity index (χ2n) is 7.95. The number of ether oxygens (including phenoxy) is 2. The number of nitrogens with zero attached hydrogens (tertiary/aromatic N) is 4. The number of aliphatic imine (C=N–C) groups is 1. The van der Waals surface area contributed by atoms with Crippen LogP contribution in [0.5, 0.6) is 5.75 Å². The van der Waals surface area contributed by atoms with Gasteiger partial charge < -0.3 is 14.6 Å². The molecular formula is C24H25F3N6O4. The lowest BCUT2D eigenvalue weighted by atomic mass is 9.84. The molecule has 0 saturated heterocycles. The molecule has 0 bridgehead atoms. The Morgan fingerprint density at radius 3 is 2.68 bits per heavy atom. The van der Waals surface area contributed by atoms with Crippen LogP contribution < -0.4 is 15.6 Å². The molecule has 3 rings (SSSR count). The van der Waals surface area contributed by atoms with Gasteiger partial charge in [-0.25, -0.2) is 10.4 Å². The topological polar surface area (TPSA) is 141 Å². The average Bonchev–Trinajstić information content (AvgIpc) is 3.25. The van der Waals surface area contributed by atoms with Gasteiger partial charge in [-0.15, -0.1) is 6.58 Å². The first kappa shape index (κ1) is 27.5. The number of halogens is 3. The maximum atomic E-state index is 13.4. The van der Waals surface area contributed by atoms with E-state index in [9.17, 15) is 18.0 Å². The van der Waals surface area contributed by atoms with Crippen LogP contribution in [0, 0.1) is 0 Å². The van der Waals surface area contributed by atoms with Crippen LogP contribution in [0.25, 0.3) is 10.4 Å². The Morgan fingerprint density at radius 2 is 2.03 bits per heavy atom.